The molecule has 3 heteroatoms. The third kappa shape index (κ3) is 2.66. The van der Waals surface area contributed by atoms with E-state index in [2.05, 4.69) is 6.92 Å². The van der Waals surface area contributed by atoms with Crippen LogP contribution in [-0.2, 0) is 9.53 Å². The number of epoxide rings is 1. The molecule has 3 rings (SSSR count). The van der Waals surface area contributed by atoms with E-state index in [1.807, 2.05) is 30.3 Å². The molecule has 0 bridgehead atoms. The fourth-order valence-corrected chi connectivity index (χ4v) is 3.05. The van der Waals surface area contributed by atoms with Crippen molar-refractivity contribution in [3.63, 3.8) is 0 Å². The van der Waals surface area contributed by atoms with Gasteiger partial charge in [-0.05, 0) is 31.4 Å². The minimum atomic E-state index is -0.0643. The van der Waals surface area contributed by atoms with Crippen molar-refractivity contribution in [2.75, 3.05) is 6.61 Å². The van der Waals surface area contributed by atoms with Crippen LogP contribution in [0.4, 0.5) is 0 Å². The predicted molar refractivity (Wildman–Crippen MR) is 72.2 cm³/mol. The molecule has 0 radical (unpaired) electrons. The molecule has 0 N–H and O–H groups in total. The van der Waals surface area contributed by atoms with Crippen LogP contribution < -0.4 is 4.74 Å². The fourth-order valence-electron chi connectivity index (χ4n) is 3.05. The van der Waals surface area contributed by atoms with Crippen LogP contribution in [0.1, 0.15) is 32.6 Å². The topological polar surface area (TPSA) is 38.8 Å². The highest BCUT2D eigenvalue weighted by molar-refractivity contribution is 5.90. The molecule has 0 aromatic heterocycles. The molecular weight excluding hydrogens is 240 g/mol. The van der Waals surface area contributed by atoms with Gasteiger partial charge in [-0.2, -0.15) is 0 Å². The first-order valence-electron chi connectivity index (χ1n) is 7.05. The third-order valence-corrected chi connectivity index (χ3v) is 4.23. The van der Waals surface area contributed by atoms with Gasteiger partial charge in [0.25, 0.3) is 0 Å². The average molecular weight is 260 g/mol. The van der Waals surface area contributed by atoms with Gasteiger partial charge in [-0.15, -0.1) is 0 Å². The van der Waals surface area contributed by atoms with Gasteiger partial charge in [0.2, 0.25) is 0 Å². The van der Waals surface area contributed by atoms with Crippen LogP contribution >= 0.6 is 0 Å². The highest BCUT2D eigenvalue weighted by Gasteiger charge is 2.62. The Hall–Kier alpha value is -1.35. The summed E-state index contributed by atoms with van der Waals surface area (Å²) in [5.41, 5.74) is 0.0779. The zero-order valence-electron chi connectivity index (χ0n) is 11.3. The first-order chi connectivity index (χ1) is 9.19. The Labute approximate surface area is 113 Å². The smallest absolute Gasteiger partial charge is 0.164 e. The SMILES string of the molecule is CC1(CCCCOc2ccccc2)CC(=O)C2OC21. The molecule has 1 aromatic carbocycles. The Morgan fingerprint density at radius 3 is 2.74 bits per heavy atom. The van der Waals surface area contributed by atoms with Crippen molar-refractivity contribution in [1.29, 1.82) is 0 Å². The number of rotatable bonds is 6. The molecule has 3 atom stereocenters. The Bertz CT molecular complexity index is 456. The summed E-state index contributed by atoms with van der Waals surface area (Å²) in [4.78, 5) is 11.6. The quantitative estimate of drug-likeness (QED) is 0.583. The van der Waals surface area contributed by atoms with Gasteiger partial charge in [0, 0.05) is 11.8 Å². The molecule has 0 amide bonds. The summed E-state index contributed by atoms with van der Waals surface area (Å²) in [5.74, 6) is 1.23. The Kier molecular flexibility index (Phi) is 3.31. The summed E-state index contributed by atoms with van der Waals surface area (Å²) in [7, 11) is 0. The highest BCUT2D eigenvalue weighted by atomic mass is 16.6. The molecule has 1 aliphatic carbocycles. The molecule has 2 fully saturated rings. The van der Waals surface area contributed by atoms with Gasteiger partial charge in [0.15, 0.2) is 5.78 Å². The lowest BCUT2D eigenvalue weighted by Gasteiger charge is -2.23. The van der Waals surface area contributed by atoms with E-state index in [9.17, 15) is 4.79 Å². The average Bonchev–Trinajstić information content (AvgIpc) is 3.16. The predicted octanol–water partition coefficient (Wildman–Crippen LogP) is 2.98. The maximum Gasteiger partial charge on any atom is 0.164 e. The Morgan fingerprint density at radius 2 is 2.11 bits per heavy atom. The van der Waals surface area contributed by atoms with E-state index in [1.165, 1.54) is 0 Å². The summed E-state index contributed by atoms with van der Waals surface area (Å²) < 4.78 is 11.1. The van der Waals surface area contributed by atoms with Crippen LogP contribution in [0.3, 0.4) is 0 Å². The second-order valence-electron chi connectivity index (χ2n) is 5.89. The summed E-state index contributed by atoms with van der Waals surface area (Å²) in [6.07, 6.45) is 4.00. The number of unbranched alkanes of at least 4 members (excludes halogenated alkanes) is 1. The molecule has 3 unspecified atom stereocenters. The Morgan fingerprint density at radius 1 is 1.32 bits per heavy atom. The van der Waals surface area contributed by atoms with Gasteiger partial charge in [0.1, 0.15) is 11.9 Å². The van der Waals surface area contributed by atoms with Gasteiger partial charge >= 0.3 is 0 Å². The summed E-state index contributed by atoms with van der Waals surface area (Å²) in [6.45, 7) is 2.92. The van der Waals surface area contributed by atoms with Crippen LogP contribution in [0.25, 0.3) is 0 Å². The van der Waals surface area contributed by atoms with Gasteiger partial charge in [0.05, 0.1) is 12.7 Å². The van der Waals surface area contributed by atoms with E-state index >= 15 is 0 Å². The number of hydrogen-bond acceptors (Lipinski definition) is 3. The number of para-hydroxylation sites is 1. The third-order valence-electron chi connectivity index (χ3n) is 4.23. The van der Waals surface area contributed by atoms with Gasteiger partial charge in [-0.25, -0.2) is 0 Å². The molecular formula is C16H20O3. The molecule has 1 heterocycles. The number of benzene rings is 1. The van der Waals surface area contributed by atoms with E-state index in [0.29, 0.717) is 12.2 Å². The lowest BCUT2D eigenvalue weighted by atomic mass is 9.82. The van der Waals surface area contributed by atoms with Crippen LogP contribution in [-0.4, -0.2) is 24.6 Å². The zero-order chi connectivity index (χ0) is 13.3. The minimum absolute atomic E-state index is 0.0643. The van der Waals surface area contributed by atoms with Crippen molar-refractivity contribution >= 4 is 5.78 Å². The molecule has 102 valence electrons. The van der Waals surface area contributed by atoms with E-state index in [4.69, 9.17) is 9.47 Å². The maximum absolute atomic E-state index is 11.6. The monoisotopic (exact) mass is 260 g/mol. The first-order valence-corrected chi connectivity index (χ1v) is 7.05. The molecule has 0 spiro atoms. The number of ketones is 1. The molecule has 1 aliphatic heterocycles. The molecule has 1 saturated heterocycles. The summed E-state index contributed by atoms with van der Waals surface area (Å²) in [6, 6.07) is 9.88. The van der Waals surface area contributed by atoms with Crippen molar-refractivity contribution < 1.29 is 14.3 Å². The molecule has 19 heavy (non-hydrogen) atoms. The van der Waals surface area contributed by atoms with E-state index in [-0.39, 0.29) is 17.6 Å². The summed E-state index contributed by atoms with van der Waals surface area (Å²) >= 11 is 0. The Balaban J connectivity index is 1.37. The highest BCUT2D eigenvalue weighted by Crippen LogP contribution is 2.51. The standard InChI is InChI=1S/C16H20O3/c1-16(11-13(17)14-15(16)19-14)9-5-6-10-18-12-7-3-2-4-8-12/h2-4,7-8,14-15H,5-6,9-11H2,1H3. The van der Waals surface area contributed by atoms with E-state index in [1.54, 1.807) is 0 Å². The number of carbonyl (C=O) groups excluding carboxylic acids is 1. The lowest BCUT2D eigenvalue weighted by Crippen LogP contribution is -2.21. The normalized spacial score (nSPS) is 32.2. The molecule has 1 saturated carbocycles. The first kappa shape index (κ1) is 12.7. The molecule has 2 aliphatic rings. The fraction of sp³-hybridized carbons (Fsp3) is 0.562. The maximum atomic E-state index is 11.6. The second-order valence-corrected chi connectivity index (χ2v) is 5.89. The minimum Gasteiger partial charge on any atom is -0.494 e. The van der Waals surface area contributed by atoms with Gasteiger partial charge in [-0.1, -0.05) is 25.1 Å². The number of fused-ring (bicyclic) bond motifs is 1. The van der Waals surface area contributed by atoms with Crippen LogP contribution in [0, 0.1) is 5.41 Å². The van der Waals surface area contributed by atoms with Crippen molar-refractivity contribution in [3.05, 3.63) is 30.3 Å². The molecule has 3 nitrogen and oxygen atoms in total. The number of Topliss-reactive ketones (excluding diaryl/α,β-unsaturated/α-hetero) is 1. The lowest BCUT2D eigenvalue weighted by molar-refractivity contribution is -0.121. The van der Waals surface area contributed by atoms with Crippen LogP contribution in [0.15, 0.2) is 30.3 Å². The van der Waals surface area contributed by atoms with Crippen LogP contribution in [0.2, 0.25) is 0 Å². The van der Waals surface area contributed by atoms with Crippen molar-refractivity contribution in [2.24, 2.45) is 5.41 Å². The largest absolute Gasteiger partial charge is 0.494 e. The van der Waals surface area contributed by atoms with E-state index in [0.717, 1.165) is 31.6 Å². The van der Waals surface area contributed by atoms with Crippen molar-refractivity contribution in [2.45, 2.75) is 44.8 Å². The van der Waals surface area contributed by atoms with Gasteiger partial charge in [-0.3, -0.25) is 4.79 Å². The second kappa shape index (κ2) is 4.97. The van der Waals surface area contributed by atoms with E-state index < -0.39 is 0 Å². The summed E-state index contributed by atoms with van der Waals surface area (Å²) in [5, 5.41) is 0. The van der Waals surface area contributed by atoms with Crippen LogP contribution in [0.5, 0.6) is 5.75 Å². The number of hydrogen-bond donors (Lipinski definition) is 0. The zero-order valence-corrected chi connectivity index (χ0v) is 11.3. The van der Waals surface area contributed by atoms with Gasteiger partial charge < -0.3 is 9.47 Å². The number of carbonyl (C=O) groups is 1. The molecule has 1 aromatic rings. The van der Waals surface area contributed by atoms with Crippen molar-refractivity contribution in [3.8, 4) is 5.75 Å². The van der Waals surface area contributed by atoms with Crippen molar-refractivity contribution in [1.82, 2.24) is 0 Å². The number of ether oxygens (including phenoxy) is 2.